The Morgan fingerprint density at radius 2 is 1.91 bits per heavy atom. The molecule has 2 aromatic rings. The molecule has 3 amide bonds. The molecule has 1 saturated heterocycles. The molecular weight excluding hydrogens is 412 g/mol. The van der Waals surface area contributed by atoms with Crippen LogP contribution in [0.2, 0.25) is 0 Å². The highest BCUT2D eigenvalue weighted by molar-refractivity contribution is 6.00. The van der Waals surface area contributed by atoms with E-state index in [-0.39, 0.29) is 12.5 Å². The zero-order valence-electron chi connectivity index (χ0n) is 17.8. The van der Waals surface area contributed by atoms with Gasteiger partial charge in [0.2, 0.25) is 11.8 Å². The number of aromatic amines is 1. The minimum absolute atomic E-state index is 0.0774. The standard InChI is InChI=1S/C23H28N4O5/c28-20-7-3-4-10-27(20)13-19(23(31)32)26-21(29)17(11-14-8-9-14)25-22(30)18-12-15-5-1-2-6-16(15)24-18/h1-2,5-6,12,14,17,19,24H,3-4,7-11,13H2,(H,25,30)(H,26,29)(H,31,32). The van der Waals surface area contributed by atoms with Gasteiger partial charge in [-0.25, -0.2) is 4.79 Å². The molecule has 2 atom stereocenters. The van der Waals surface area contributed by atoms with E-state index in [1.165, 1.54) is 4.90 Å². The minimum atomic E-state index is -1.23. The van der Waals surface area contributed by atoms with Crippen molar-refractivity contribution < 1.29 is 24.3 Å². The van der Waals surface area contributed by atoms with E-state index in [9.17, 15) is 24.3 Å². The molecule has 1 saturated carbocycles. The molecule has 0 bridgehead atoms. The summed E-state index contributed by atoms with van der Waals surface area (Å²) < 4.78 is 0. The summed E-state index contributed by atoms with van der Waals surface area (Å²) in [5.41, 5.74) is 1.16. The molecule has 9 nitrogen and oxygen atoms in total. The number of para-hydroxylation sites is 1. The molecule has 1 aromatic carbocycles. The third-order valence-electron chi connectivity index (χ3n) is 6.10. The normalized spacial score (nSPS) is 18.2. The molecule has 32 heavy (non-hydrogen) atoms. The van der Waals surface area contributed by atoms with Crippen molar-refractivity contribution in [1.29, 1.82) is 0 Å². The molecule has 2 fully saturated rings. The summed E-state index contributed by atoms with van der Waals surface area (Å²) in [6.45, 7) is 0.410. The first-order valence-corrected chi connectivity index (χ1v) is 11.1. The molecule has 1 aliphatic heterocycles. The van der Waals surface area contributed by atoms with Gasteiger partial charge < -0.3 is 25.6 Å². The largest absolute Gasteiger partial charge is 0.480 e. The number of fused-ring (bicyclic) bond motifs is 1. The minimum Gasteiger partial charge on any atom is -0.480 e. The number of amides is 3. The Kier molecular flexibility index (Phi) is 6.43. The summed E-state index contributed by atoms with van der Waals surface area (Å²) in [6, 6.07) is 7.13. The third-order valence-corrected chi connectivity index (χ3v) is 6.10. The lowest BCUT2D eigenvalue weighted by molar-refractivity contribution is -0.144. The van der Waals surface area contributed by atoms with Gasteiger partial charge in [-0.2, -0.15) is 0 Å². The number of aliphatic carboxylic acids is 1. The Morgan fingerprint density at radius 1 is 1.12 bits per heavy atom. The van der Waals surface area contributed by atoms with Gasteiger partial charge in [0.25, 0.3) is 5.91 Å². The van der Waals surface area contributed by atoms with Crippen LogP contribution in [0.25, 0.3) is 10.9 Å². The quantitative estimate of drug-likeness (QED) is 0.471. The average Bonchev–Trinajstić information content (AvgIpc) is 3.48. The van der Waals surface area contributed by atoms with E-state index in [0.29, 0.717) is 31.0 Å². The van der Waals surface area contributed by atoms with Crippen molar-refractivity contribution in [2.75, 3.05) is 13.1 Å². The van der Waals surface area contributed by atoms with Crippen molar-refractivity contribution in [3.8, 4) is 0 Å². The maximum atomic E-state index is 13.0. The summed E-state index contributed by atoms with van der Waals surface area (Å²) >= 11 is 0. The van der Waals surface area contributed by atoms with Crippen molar-refractivity contribution in [1.82, 2.24) is 20.5 Å². The van der Waals surface area contributed by atoms with Gasteiger partial charge >= 0.3 is 5.97 Å². The molecule has 2 unspecified atom stereocenters. The van der Waals surface area contributed by atoms with Crippen LogP contribution in [-0.2, 0) is 14.4 Å². The fourth-order valence-electron chi connectivity index (χ4n) is 4.08. The number of aromatic nitrogens is 1. The van der Waals surface area contributed by atoms with Crippen LogP contribution in [-0.4, -0.2) is 63.9 Å². The molecule has 170 valence electrons. The number of benzene rings is 1. The molecule has 2 heterocycles. The second-order valence-corrected chi connectivity index (χ2v) is 8.67. The van der Waals surface area contributed by atoms with Crippen molar-refractivity contribution >= 4 is 34.6 Å². The monoisotopic (exact) mass is 440 g/mol. The number of hydrogen-bond donors (Lipinski definition) is 4. The van der Waals surface area contributed by atoms with Crippen LogP contribution in [0.3, 0.4) is 0 Å². The van der Waals surface area contributed by atoms with Crippen LogP contribution in [0.1, 0.15) is 49.0 Å². The zero-order valence-corrected chi connectivity index (χ0v) is 17.8. The third kappa shape index (κ3) is 5.27. The SMILES string of the molecule is O=C(NC(CC1CC1)C(=O)NC(CN1CCCCC1=O)C(=O)O)c1cc2ccccc2[nH]1. The van der Waals surface area contributed by atoms with Gasteiger partial charge in [0.15, 0.2) is 0 Å². The van der Waals surface area contributed by atoms with Gasteiger partial charge in [0.05, 0.1) is 6.54 Å². The topological polar surface area (TPSA) is 132 Å². The van der Waals surface area contributed by atoms with Crippen LogP contribution >= 0.6 is 0 Å². The number of carboxylic acid groups (broad SMARTS) is 1. The number of likely N-dealkylation sites (tertiary alicyclic amines) is 1. The maximum Gasteiger partial charge on any atom is 0.328 e. The number of piperidine rings is 1. The van der Waals surface area contributed by atoms with Crippen LogP contribution in [0.15, 0.2) is 30.3 Å². The van der Waals surface area contributed by atoms with Gasteiger partial charge in [-0.05, 0) is 37.3 Å². The Hall–Kier alpha value is -3.36. The number of nitrogens with one attached hydrogen (secondary N) is 3. The number of hydrogen-bond acceptors (Lipinski definition) is 4. The van der Waals surface area contributed by atoms with Crippen molar-refractivity contribution in [3.63, 3.8) is 0 Å². The number of carbonyl (C=O) groups is 4. The molecule has 1 aliphatic carbocycles. The number of rotatable bonds is 9. The molecular formula is C23H28N4O5. The van der Waals surface area contributed by atoms with Crippen molar-refractivity contribution in [3.05, 3.63) is 36.0 Å². The Bertz CT molecular complexity index is 995. The first kappa shape index (κ1) is 21.9. The highest BCUT2D eigenvalue weighted by Gasteiger charge is 2.34. The van der Waals surface area contributed by atoms with Gasteiger partial charge in [0.1, 0.15) is 17.8 Å². The first-order chi connectivity index (χ1) is 15.4. The number of H-pyrrole nitrogens is 1. The van der Waals surface area contributed by atoms with Crippen molar-refractivity contribution in [2.24, 2.45) is 5.92 Å². The summed E-state index contributed by atoms with van der Waals surface area (Å²) in [5, 5.41) is 15.8. The second kappa shape index (κ2) is 9.42. The summed E-state index contributed by atoms with van der Waals surface area (Å²) in [5.74, 6) is -1.93. The number of nitrogens with zero attached hydrogens (tertiary/aromatic N) is 1. The van der Waals surface area contributed by atoms with E-state index in [1.807, 2.05) is 24.3 Å². The van der Waals surface area contributed by atoms with Crippen LogP contribution in [0.4, 0.5) is 0 Å². The lowest BCUT2D eigenvalue weighted by Gasteiger charge is -2.30. The summed E-state index contributed by atoms with van der Waals surface area (Å²) in [6.07, 6.45) is 4.42. The highest BCUT2D eigenvalue weighted by atomic mass is 16.4. The fraction of sp³-hybridized carbons (Fsp3) is 0.478. The smallest absolute Gasteiger partial charge is 0.328 e. The molecule has 4 N–H and O–H groups in total. The van der Waals surface area contributed by atoms with E-state index in [4.69, 9.17) is 0 Å². The predicted octanol–water partition coefficient (Wildman–Crippen LogP) is 1.65. The molecule has 4 rings (SSSR count). The van der Waals surface area contributed by atoms with Crippen molar-refractivity contribution in [2.45, 2.75) is 50.6 Å². The van der Waals surface area contributed by atoms with E-state index in [1.54, 1.807) is 6.07 Å². The molecule has 1 aromatic heterocycles. The van der Waals surface area contributed by atoms with E-state index >= 15 is 0 Å². The first-order valence-electron chi connectivity index (χ1n) is 11.1. The van der Waals surface area contributed by atoms with E-state index in [2.05, 4.69) is 15.6 Å². The van der Waals surface area contributed by atoms with E-state index in [0.717, 1.165) is 36.6 Å². The van der Waals surface area contributed by atoms with Gasteiger partial charge in [-0.15, -0.1) is 0 Å². The summed E-state index contributed by atoms with van der Waals surface area (Å²) in [4.78, 5) is 54.2. The fourth-order valence-corrected chi connectivity index (χ4v) is 4.08. The molecule has 0 radical (unpaired) electrons. The Balaban J connectivity index is 1.43. The van der Waals surface area contributed by atoms with Crippen LogP contribution < -0.4 is 10.6 Å². The molecule has 2 aliphatic rings. The number of carboxylic acids is 1. The molecule has 0 spiro atoms. The van der Waals surface area contributed by atoms with Gasteiger partial charge in [0, 0.05) is 23.9 Å². The lowest BCUT2D eigenvalue weighted by atomic mass is 10.1. The zero-order chi connectivity index (χ0) is 22.7. The maximum absolute atomic E-state index is 13.0. The van der Waals surface area contributed by atoms with Crippen LogP contribution in [0.5, 0.6) is 0 Å². The number of carbonyl (C=O) groups excluding carboxylic acids is 3. The lowest BCUT2D eigenvalue weighted by Crippen LogP contribution is -2.56. The van der Waals surface area contributed by atoms with Gasteiger partial charge in [-0.3, -0.25) is 14.4 Å². The predicted molar refractivity (Wildman–Crippen MR) is 117 cm³/mol. The van der Waals surface area contributed by atoms with Gasteiger partial charge in [-0.1, -0.05) is 31.0 Å². The highest BCUT2D eigenvalue weighted by Crippen LogP contribution is 2.33. The van der Waals surface area contributed by atoms with E-state index < -0.39 is 29.9 Å². The Labute approximate surface area is 185 Å². The summed E-state index contributed by atoms with van der Waals surface area (Å²) in [7, 11) is 0. The van der Waals surface area contributed by atoms with Crippen LogP contribution in [0, 0.1) is 5.92 Å². The second-order valence-electron chi connectivity index (χ2n) is 8.67. The average molecular weight is 441 g/mol. The Morgan fingerprint density at radius 3 is 2.59 bits per heavy atom. The molecule has 9 heteroatoms.